The van der Waals surface area contributed by atoms with E-state index >= 15 is 0 Å². The molecular weight excluding hydrogens is 472 g/mol. The normalized spacial score (nSPS) is 14.0. The van der Waals surface area contributed by atoms with E-state index in [9.17, 15) is 0 Å². The lowest BCUT2D eigenvalue weighted by atomic mass is 10.3. The molecule has 0 radical (unpaired) electrons. The number of nitrogens with zero attached hydrogens (tertiary/aromatic N) is 5. The average molecular weight is 509 g/mol. The van der Waals surface area contributed by atoms with Crippen LogP contribution in [0.15, 0.2) is 59.6 Å². The van der Waals surface area contributed by atoms with Gasteiger partial charge < -0.3 is 16.0 Å². The van der Waals surface area contributed by atoms with E-state index in [-0.39, 0.29) is 6.41 Å². The molecule has 1 saturated carbocycles. The number of H-pyrrole nitrogens is 1. The van der Waals surface area contributed by atoms with Crippen LogP contribution in [0, 0.1) is 0 Å². The number of aromatic nitrogens is 5. The molecule has 0 unspecified atom stereocenters. The highest BCUT2D eigenvalue weighted by Gasteiger charge is 2.25. The predicted octanol–water partition coefficient (Wildman–Crippen LogP) is 5.21. The first-order chi connectivity index (χ1) is 17.7. The van der Waals surface area contributed by atoms with E-state index in [1.54, 1.807) is 11.8 Å². The average Bonchev–Trinajstić information content (AvgIpc) is 3.30. The van der Waals surface area contributed by atoms with Crippen LogP contribution in [0.2, 0.25) is 0 Å². The molecule has 0 bridgehead atoms. The summed E-state index contributed by atoms with van der Waals surface area (Å²) in [6, 6.07) is 16.4. The van der Waals surface area contributed by atoms with Crippen LogP contribution < -0.4 is 16.0 Å². The van der Waals surface area contributed by atoms with E-state index in [1.165, 1.54) is 36.3 Å². The summed E-state index contributed by atoms with van der Waals surface area (Å²) < 4.78 is 1.89. The number of hydrogen-bond donors (Lipinski definition) is 3. The molecule has 4 heterocycles. The Labute approximate surface area is 216 Å². The first-order valence-electron chi connectivity index (χ1n) is 12.4. The molecule has 1 amide bonds. The summed E-state index contributed by atoms with van der Waals surface area (Å²) in [5.74, 6) is 3.07. The lowest BCUT2D eigenvalue weighted by molar-refractivity contribution is -0.106. The van der Waals surface area contributed by atoms with Gasteiger partial charge >= 0.3 is 0 Å². The van der Waals surface area contributed by atoms with Crippen LogP contribution in [0.4, 0.5) is 17.6 Å². The van der Waals surface area contributed by atoms with Gasteiger partial charge in [0.05, 0.1) is 0 Å². The maximum atomic E-state index is 8.58. The van der Waals surface area contributed by atoms with E-state index in [1.807, 2.05) is 54.9 Å². The molecule has 192 valence electrons. The first-order valence-corrected chi connectivity index (χ1v) is 13.6. The molecule has 1 aliphatic heterocycles. The number of hydrogen-bond acceptors (Lipinski definition) is 7. The molecule has 3 aromatic heterocycles. The number of carbonyl (C=O) groups is 1. The van der Waals surface area contributed by atoms with Crippen LogP contribution in [0.1, 0.15) is 51.1 Å². The van der Waals surface area contributed by atoms with Crippen molar-refractivity contribution >= 4 is 41.3 Å². The van der Waals surface area contributed by atoms with E-state index in [0.29, 0.717) is 5.92 Å². The van der Waals surface area contributed by atoms with Crippen molar-refractivity contribution in [1.82, 2.24) is 24.8 Å². The molecule has 1 aromatic carbocycles. The van der Waals surface area contributed by atoms with Crippen LogP contribution in [0.3, 0.4) is 0 Å². The number of nitrogens with one attached hydrogen (secondary N) is 2. The number of rotatable bonds is 5. The summed E-state index contributed by atoms with van der Waals surface area (Å²) in [6.07, 6.45) is 9.23. The highest BCUT2D eigenvalue weighted by molar-refractivity contribution is 7.98. The minimum absolute atomic E-state index is 0.250. The highest BCUT2D eigenvalue weighted by Crippen LogP contribution is 2.39. The Balaban J connectivity index is 0.000000233. The molecule has 4 N–H and O–H groups in total. The summed E-state index contributed by atoms with van der Waals surface area (Å²) >= 11 is 1.77. The lowest BCUT2D eigenvalue weighted by Crippen LogP contribution is -2.22. The fourth-order valence-corrected chi connectivity index (χ4v) is 4.18. The number of nitrogens with two attached hydrogens (primary N) is 1. The third-order valence-corrected chi connectivity index (χ3v) is 6.35. The van der Waals surface area contributed by atoms with Crippen LogP contribution in [0.25, 0.3) is 5.52 Å². The maximum Gasteiger partial charge on any atom is 0.245 e. The number of thioether (sulfide) groups is 1. The van der Waals surface area contributed by atoms with Crippen LogP contribution in [-0.2, 0) is 4.79 Å². The van der Waals surface area contributed by atoms with Crippen molar-refractivity contribution in [3.8, 4) is 0 Å². The van der Waals surface area contributed by atoms with Gasteiger partial charge in [0.2, 0.25) is 12.4 Å². The Bertz CT molecular complexity index is 1180. The van der Waals surface area contributed by atoms with Gasteiger partial charge in [-0.15, -0.1) is 16.9 Å². The Morgan fingerprint density at radius 2 is 1.81 bits per heavy atom. The maximum absolute atomic E-state index is 8.58. The highest BCUT2D eigenvalue weighted by atomic mass is 32.2. The molecule has 0 atom stereocenters. The molecule has 1 saturated heterocycles. The van der Waals surface area contributed by atoms with Crippen molar-refractivity contribution in [1.29, 1.82) is 0 Å². The smallest absolute Gasteiger partial charge is 0.245 e. The van der Waals surface area contributed by atoms with E-state index in [2.05, 4.69) is 55.7 Å². The number of primary amides is 1. The van der Waals surface area contributed by atoms with Gasteiger partial charge in [0.15, 0.2) is 11.6 Å². The molecule has 9 nitrogen and oxygen atoms in total. The summed E-state index contributed by atoms with van der Waals surface area (Å²) in [5, 5.41) is 15.5. The topological polar surface area (TPSA) is 117 Å². The fourth-order valence-electron chi connectivity index (χ4n) is 3.75. The Kier molecular flexibility index (Phi) is 10.6. The minimum Gasteiger partial charge on any atom is -0.372 e. The number of fused-ring (bicyclic) bond motifs is 1. The number of benzene rings is 1. The Morgan fingerprint density at radius 3 is 2.42 bits per heavy atom. The molecular formula is C26H36N8OS. The quantitative estimate of drug-likeness (QED) is 0.250. The van der Waals surface area contributed by atoms with Crippen molar-refractivity contribution in [3.05, 3.63) is 60.4 Å². The standard InChI is InChI=1S/C16H19N7.C7H8S.C2H6.CH3NO/c1-2-8-22(7-1)16-18-15(13-4-3-9-23(13)21-16)17-14-10-12(19-20-14)11-5-6-11;1-8-7-5-3-2-4-6-7;1-2;2-1-3/h3-4,9-11H,1-2,5-8H2,(H2,17,18,19,20,21);2-6H,1H3;1-2H3;1H,(H2,2,3). The summed E-state index contributed by atoms with van der Waals surface area (Å²) in [7, 11) is 0. The third kappa shape index (κ3) is 7.48. The third-order valence-electron chi connectivity index (χ3n) is 5.61. The monoisotopic (exact) mass is 508 g/mol. The molecule has 6 rings (SSSR count). The zero-order valence-electron chi connectivity index (χ0n) is 21.2. The molecule has 36 heavy (non-hydrogen) atoms. The van der Waals surface area contributed by atoms with Crippen molar-refractivity contribution in [2.75, 3.05) is 29.6 Å². The van der Waals surface area contributed by atoms with Crippen LogP contribution >= 0.6 is 11.8 Å². The zero-order chi connectivity index (χ0) is 25.8. The van der Waals surface area contributed by atoms with Gasteiger partial charge in [0.25, 0.3) is 0 Å². The first kappa shape index (κ1) is 27.1. The minimum atomic E-state index is 0.250. The van der Waals surface area contributed by atoms with Gasteiger partial charge in [-0.2, -0.15) is 10.1 Å². The summed E-state index contributed by atoms with van der Waals surface area (Å²) in [6.45, 7) is 6.06. The van der Waals surface area contributed by atoms with Gasteiger partial charge in [-0.05, 0) is 56.2 Å². The number of amides is 1. The lowest BCUT2D eigenvalue weighted by Gasteiger charge is -2.16. The predicted molar refractivity (Wildman–Crippen MR) is 148 cm³/mol. The molecule has 4 aromatic rings. The number of anilines is 3. The van der Waals surface area contributed by atoms with E-state index in [4.69, 9.17) is 9.78 Å². The van der Waals surface area contributed by atoms with Crippen LogP contribution in [-0.4, -0.2) is 50.6 Å². The largest absolute Gasteiger partial charge is 0.372 e. The molecule has 0 spiro atoms. The molecule has 2 fully saturated rings. The Morgan fingerprint density at radius 1 is 1.11 bits per heavy atom. The fraction of sp³-hybridized carbons (Fsp3) is 0.385. The van der Waals surface area contributed by atoms with Gasteiger partial charge in [-0.1, -0.05) is 32.0 Å². The molecule has 1 aliphatic carbocycles. The van der Waals surface area contributed by atoms with Crippen molar-refractivity contribution in [2.24, 2.45) is 5.73 Å². The second kappa shape index (κ2) is 14.1. The summed E-state index contributed by atoms with van der Waals surface area (Å²) in [4.78, 5) is 16.9. The number of carbonyl (C=O) groups excluding carboxylic acids is 1. The van der Waals surface area contributed by atoms with Crippen molar-refractivity contribution < 1.29 is 4.79 Å². The van der Waals surface area contributed by atoms with Crippen LogP contribution in [0.5, 0.6) is 0 Å². The molecule has 2 aliphatic rings. The second-order valence-corrected chi connectivity index (χ2v) is 8.93. The summed E-state index contributed by atoms with van der Waals surface area (Å²) in [5.41, 5.74) is 6.34. The van der Waals surface area contributed by atoms with Crippen molar-refractivity contribution in [3.63, 3.8) is 0 Å². The molecule has 10 heteroatoms. The number of aromatic amines is 1. The van der Waals surface area contributed by atoms with Gasteiger partial charge in [-0.25, -0.2) is 4.52 Å². The van der Waals surface area contributed by atoms with Gasteiger partial charge in [-0.3, -0.25) is 9.89 Å². The van der Waals surface area contributed by atoms with E-state index in [0.717, 1.165) is 36.2 Å². The Hall–Kier alpha value is -3.53. The second-order valence-electron chi connectivity index (χ2n) is 8.05. The van der Waals surface area contributed by atoms with Crippen molar-refractivity contribution in [2.45, 2.75) is 50.3 Å². The SMILES string of the molecule is CC.CSc1ccccc1.NC=O.c1cc2c(Nc3cc(C4CC4)[nH]n3)nc(N3CCCC3)nn2c1. The van der Waals surface area contributed by atoms with E-state index < -0.39 is 0 Å². The van der Waals surface area contributed by atoms with Gasteiger partial charge in [0.1, 0.15) is 5.52 Å². The zero-order valence-corrected chi connectivity index (χ0v) is 22.0. The van der Waals surface area contributed by atoms with Gasteiger partial charge in [0, 0.05) is 41.9 Å².